The van der Waals surface area contributed by atoms with E-state index < -0.39 is 0 Å². The molecule has 0 aliphatic carbocycles. The minimum atomic E-state index is 0.0862. The van der Waals surface area contributed by atoms with Crippen LogP contribution >= 0.6 is 0 Å². The quantitative estimate of drug-likeness (QED) is 0.489. The molecule has 0 saturated carbocycles. The third kappa shape index (κ3) is 6.22. The van der Waals surface area contributed by atoms with Gasteiger partial charge in [-0.05, 0) is 49.7 Å². The molecule has 0 aliphatic rings. The highest BCUT2D eigenvalue weighted by Gasteiger charge is 2.27. The third-order valence-electron chi connectivity index (χ3n) is 4.52. The Morgan fingerprint density at radius 3 is 2.00 bits per heavy atom. The second kappa shape index (κ2) is 10.00. The van der Waals surface area contributed by atoms with Gasteiger partial charge in [0.2, 0.25) is 0 Å². The Morgan fingerprint density at radius 1 is 0.857 bits per heavy atom. The van der Waals surface area contributed by atoms with Gasteiger partial charge in [-0.15, -0.1) is 0 Å². The largest absolute Gasteiger partial charge is 0.378 e. The summed E-state index contributed by atoms with van der Waals surface area (Å²) in [6.07, 6.45) is 10.8. The van der Waals surface area contributed by atoms with Gasteiger partial charge in [0.25, 0.3) is 0 Å². The highest BCUT2D eigenvalue weighted by Crippen LogP contribution is 2.29. The number of aryl methyl sites for hydroxylation is 2. The van der Waals surface area contributed by atoms with Crippen molar-refractivity contribution in [3.63, 3.8) is 0 Å². The Balaban J connectivity index is 2.66. The molecule has 1 aromatic rings. The number of hydrogen-bond donors (Lipinski definition) is 0. The fourth-order valence-corrected chi connectivity index (χ4v) is 3.29. The Hall–Kier alpha value is -0.820. The van der Waals surface area contributed by atoms with Gasteiger partial charge in [0, 0.05) is 7.11 Å². The molecule has 0 amide bonds. The van der Waals surface area contributed by atoms with Gasteiger partial charge in [-0.3, -0.25) is 0 Å². The number of hydrogen-bond acceptors (Lipinski definition) is 1. The van der Waals surface area contributed by atoms with E-state index in [9.17, 15) is 0 Å². The minimum absolute atomic E-state index is 0.0862. The predicted octanol–water partition coefficient (Wildman–Crippen LogP) is 5.95. The summed E-state index contributed by atoms with van der Waals surface area (Å²) in [4.78, 5) is 0. The van der Waals surface area contributed by atoms with Crippen molar-refractivity contribution in [1.82, 2.24) is 0 Å². The summed E-state index contributed by atoms with van der Waals surface area (Å²) in [5, 5.41) is 0. The van der Waals surface area contributed by atoms with Gasteiger partial charge in [0.1, 0.15) is 0 Å². The van der Waals surface area contributed by atoms with Crippen LogP contribution in [0, 0.1) is 0 Å². The molecule has 0 heterocycles. The van der Waals surface area contributed by atoms with Crippen LogP contribution in [0.3, 0.4) is 0 Å². The summed E-state index contributed by atoms with van der Waals surface area (Å²) < 4.78 is 5.94. The summed E-state index contributed by atoms with van der Waals surface area (Å²) in [6.45, 7) is 6.77. The number of methoxy groups -OCH3 is 1. The van der Waals surface area contributed by atoms with Crippen LogP contribution < -0.4 is 0 Å². The zero-order chi connectivity index (χ0) is 15.6. The van der Waals surface area contributed by atoms with E-state index >= 15 is 0 Å². The number of unbranched alkanes of at least 4 members (excludes halogenated alkanes) is 1. The summed E-state index contributed by atoms with van der Waals surface area (Å²) in [5.74, 6) is 0. The molecule has 0 bridgehead atoms. The predicted molar refractivity (Wildman–Crippen MR) is 92.9 cm³/mol. The normalized spacial score (nSPS) is 11.8. The molecule has 120 valence electrons. The van der Waals surface area contributed by atoms with Crippen molar-refractivity contribution >= 4 is 0 Å². The molecule has 0 aliphatic heterocycles. The van der Waals surface area contributed by atoms with E-state index in [0.717, 1.165) is 12.8 Å². The van der Waals surface area contributed by atoms with Gasteiger partial charge < -0.3 is 4.74 Å². The molecule has 0 radical (unpaired) electrons. The molecule has 1 nitrogen and oxygen atoms in total. The Kier molecular flexibility index (Phi) is 8.68. The minimum Gasteiger partial charge on any atom is -0.378 e. The summed E-state index contributed by atoms with van der Waals surface area (Å²) >= 11 is 0. The highest BCUT2D eigenvalue weighted by molar-refractivity contribution is 5.24. The molecule has 1 aromatic carbocycles. The van der Waals surface area contributed by atoms with Crippen molar-refractivity contribution in [2.45, 2.75) is 84.2 Å². The molecule has 21 heavy (non-hydrogen) atoms. The van der Waals surface area contributed by atoms with Gasteiger partial charge in [0.15, 0.2) is 0 Å². The fraction of sp³-hybridized carbons (Fsp3) is 0.700. The molecule has 0 saturated heterocycles. The first kappa shape index (κ1) is 18.2. The third-order valence-corrected chi connectivity index (χ3v) is 4.52. The Labute approximate surface area is 132 Å². The van der Waals surface area contributed by atoms with E-state index in [1.165, 1.54) is 56.1 Å². The molecule has 1 rings (SSSR count). The second-order valence-electron chi connectivity index (χ2n) is 6.31. The fourth-order valence-electron chi connectivity index (χ4n) is 3.29. The molecule has 1 heteroatoms. The monoisotopic (exact) mass is 290 g/mol. The lowest BCUT2D eigenvalue weighted by Gasteiger charge is -2.32. The lowest BCUT2D eigenvalue weighted by Crippen LogP contribution is -2.31. The maximum atomic E-state index is 5.94. The first-order valence-electron chi connectivity index (χ1n) is 8.82. The molecule has 0 unspecified atom stereocenters. The second-order valence-corrected chi connectivity index (χ2v) is 6.31. The molecule has 0 aromatic heterocycles. The average molecular weight is 290 g/mol. The van der Waals surface area contributed by atoms with Gasteiger partial charge in [-0.1, -0.05) is 64.3 Å². The van der Waals surface area contributed by atoms with Crippen molar-refractivity contribution in [1.29, 1.82) is 0 Å². The van der Waals surface area contributed by atoms with Gasteiger partial charge >= 0.3 is 0 Å². The maximum absolute atomic E-state index is 5.94. The topological polar surface area (TPSA) is 9.23 Å². The Bertz CT molecular complexity index is 377. The van der Waals surface area contributed by atoms with Crippen LogP contribution in [0.25, 0.3) is 0 Å². The van der Waals surface area contributed by atoms with Gasteiger partial charge in [-0.25, -0.2) is 0 Å². The molecule has 0 fully saturated rings. The number of benzene rings is 1. The standard InChI is InChI=1S/C20H34O/c1-5-8-10-18-11-9-12-19(17-18)13-16-20(21-4,14-6-2)15-7-3/h9,11-12,17H,5-8,10,13-16H2,1-4H3. The Morgan fingerprint density at radius 2 is 1.48 bits per heavy atom. The first-order valence-corrected chi connectivity index (χ1v) is 8.82. The summed E-state index contributed by atoms with van der Waals surface area (Å²) in [6, 6.07) is 9.15. The maximum Gasteiger partial charge on any atom is 0.0681 e. The van der Waals surface area contributed by atoms with Crippen molar-refractivity contribution in [2.75, 3.05) is 7.11 Å². The lowest BCUT2D eigenvalue weighted by atomic mass is 9.86. The molecule has 0 N–H and O–H groups in total. The van der Waals surface area contributed by atoms with E-state index in [2.05, 4.69) is 45.0 Å². The first-order chi connectivity index (χ1) is 10.2. The summed E-state index contributed by atoms with van der Waals surface area (Å²) in [7, 11) is 1.89. The van der Waals surface area contributed by atoms with E-state index in [4.69, 9.17) is 4.74 Å². The lowest BCUT2D eigenvalue weighted by molar-refractivity contribution is -0.0320. The number of ether oxygens (including phenoxy) is 1. The number of rotatable bonds is 11. The molecular weight excluding hydrogens is 256 g/mol. The molecule has 0 spiro atoms. The van der Waals surface area contributed by atoms with Crippen LogP contribution in [0.5, 0.6) is 0 Å². The smallest absolute Gasteiger partial charge is 0.0681 e. The van der Waals surface area contributed by atoms with E-state index in [1.807, 2.05) is 7.11 Å². The van der Waals surface area contributed by atoms with Crippen molar-refractivity contribution in [3.05, 3.63) is 35.4 Å². The molecular formula is C20H34O. The van der Waals surface area contributed by atoms with Crippen LogP contribution in [0.4, 0.5) is 0 Å². The van der Waals surface area contributed by atoms with E-state index in [0.29, 0.717) is 0 Å². The van der Waals surface area contributed by atoms with Crippen LogP contribution in [-0.2, 0) is 17.6 Å². The zero-order valence-corrected chi connectivity index (χ0v) is 14.6. The van der Waals surface area contributed by atoms with Crippen molar-refractivity contribution in [3.8, 4) is 0 Å². The van der Waals surface area contributed by atoms with Crippen LogP contribution in [0.1, 0.15) is 76.8 Å². The van der Waals surface area contributed by atoms with E-state index in [-0.39, 0.29) is 5.60 Å². The van der Waals surface area contributed by atoms with E-state index in [1.54, 1.807) is 0 Å². The molecule has 0 atom stereocenters. The van der Waals surface area contributed by atoms with Crippen molar-refractivity contribution in [2.24, 2.45) is 0 Å². The van der Waals surface area contributed by atoms with Crippen LogP contribution in [-0.4, -0.2) is 12.7 Å². The van der Waals surface area contributed by atoms with Crippen LogP contribution in [0.2, 0.25) is 0 Å². The summed E-state index contributed by atoms with van der Waals surface area (Å²) in [5.41, 5.74) is 3.05. The van der Waals surface area contributed by atoms with Crippen LogP contribution in [0.15, 0.2) is 24.3 Å². The van der Waals surface area contributed by atoms with Gasteiger partial charge in [-0.2, -0.15) is 0 Å². The average Bonchev–Trinajstić information content (AvgIpc) is 2.51. The highest BCUT2D eigenvalue weighted by atomic mass is 16.5. The SMILES string of the molecule is CCCCc1cccc(CCC(CCC)(CCC)OC)c1. The van der Waals surface area contributed by atoms with Gasteiger partial charge in [0.05, 0.1) is 5.60 Å². The van der Waals surface area contributed by atoms with Crippen molar-refractivity contribution < 1.29 is 4.74 Å². The zero-order valence-electron chi connectivity index (χ0n) is 14.6.